The van der Waals surface area contributed by atoms with Gasteiger partial charge in [0.25, 0.3) is 0 Å². The second-order valence-electron chi connectivity index (χ2n) is 8.31. The number of carbonyl (C=O) groups excluding carboxylic acids is 2. The third-order valence-electron chi connectivity index (χ3n) is 6.58. The van der Waals surface area contributed by atoms with E-state index in [1.54, 1.807) is 0 Å². The molecule has 2 fully saturated rings. The molecule has 1 saturated carbocycles. The topological polar surface area (TPSA) is 62.7 Å². The van der Waals surface area contributed by atoms with Crippen LogP contribution in [0.3, 0.4) is 0 Å². The highest BCUT2D eigenvalue weighted by Gasteiger charge is 2.50. The van der Waals surface area contributed by atoms with Crippen LogP contribution >= 0.6 is 0 Å². The molecule has 6 nitrogen and oxygen atoms in total. The van der Waals surface area contributed by atoms with Crippen molar-refractivity contribution in [3.8, 4) is 0 Å². The highest BCUT2D eigenvalue weighted by atomic mass is 16.5. The van der Waals surface area contributed by atoms with Gasteiger partial charge in [-0.05, 0) is 63.7 Å². The minimum atomic E-state index is -0.208. The zero-order valence-corrected chi connectivity index (χ0v) is 16.7. The van der Waals surface area contributed by atoms with Gasteiger partial charge in [0, 0.05) is 32.1 Å². The Labute approximate surface area is 161 Å². The summed E-state index contributed by atoms with van der Waals surface area (Å²) in [6.07, 6.45) is 7.63. The molecule has 1 spiro atoms. The molecule has 0 atom stereocenters. The Morgan fingerprint density at radius 3 is 2.59 bits per heavy atom. The summed E-state index contributed by atoms with van der Waals surface area (Å²) in [5.74, 6) is 0.0233. The lowest BCUT2D eigenvalue weighted by atomic mass is 9.65. The van der Waals surface area contributed by atoms with Gasteiger partial charge in [0.15, 0.2) is 0 Å². The predicted molar refractivity (Wildman–Crippen MR) is 103 cm³/mol. The van der Waals surface area contributed by atoms with E-state index in [1.807, 2.05) is 17.2 Å². The maximum absolute atomic E-state index is 12.5. The number of hydrogen-bond donors (Lipinski definition) is 0. The minimum Gasteiger partial charge on any atom is -0.469 e. The van der Waals surface area contributed by atoms with Crippen LogP contribution in [-0.2, 0) is 19.9 Å². The van der Waals surface area contributed by atoms with E-state index in [0.717, 1.165) is 37.9 Å². The van der Waals surface area contributed by atoms with Crippen molar-refractivity contribution in [2.45, 2.75) is 50.5 Å². The number of likely N-dealkylation sites (tertiary alicyclic amines) is 1. The van der Waals surface area contributed by atoms with E-state index in [2.05, 4.69) is 40.8 Å². The van der Waals surface area contributed by atoms with Crippen molar-refractivity contribution in [3.05, 3.63) is 30.1 Å². The Hall–Kier alpha value is -1.95. The second kappa shape index (κ2) is 7.97. The number of aromatic nitrogens is 1. The van der Waals surface area contributed by atoms with Gasteiger partial charge in [0.1, 0.15) is 0 Å². The summed E-state index contributed by atoms with van der Waals surface area (Å²) in [6, 6.07) is 6.13. The molecule has 6 heteroatoms. The highest BCUT2D eigenvalue weighted by Crippen LogP contribution is 2.51. The third-order valence-corrected chi connectivity index (χ3v) is 6.58. The monoisotopic (exact) mass is 373 g/mol. The zero-order valence-electron chi connectivity index (χ0n) is 16.7. The van der Waals surface area contributed by atoms with Gasteiger partial charge in [-0.25, -0.2) is 0 Å². The molecular weight excluding hydrogens is 342 g/mol. The zero-order chi connectivity index (χ0) is 19.5. The molecule has 0 radical (unpaired) electrons. The normalized spacial score (nSPS) is 28.1. The lowest BCUT2D eigenvalue weighted by Crippen LogP contribution is -2.48. The summed E-state index contributed by atoms with van der Waals surface area (Å²) in [6.45, 7) is 1.47. The summed E-state index contributed by atoms with van der Waals surface area (Å²) in [4.78, 5) is 32.7. The summed E-state index contributed by atoms with van der Waals surface area (Å²) in [7, 11) is 5.66. The number of rotatable bonds is 6. The molecule has 0 bridgehead atoms. The first-order valence-electron chi connectivity index (χ1n) is 9.84. The maximum atomic E-state index is 12.5. The van der Waals surface area contributed by atoms with Crippen LogP contribution in [0.1, 0.15) is 50.6 Å². The highest BCUT2D eigenvalue weighted by molar-refractivity contribution is 5.79. The molecule has 2 aliphatic rings. The van der Waals surface area contributed by atoms with Gasteiger partial charge in [0.05, 0.1) is 18.3 Å². The van der Waals surface area contributed by atoms with Gasteiger partial charge in [-0.2, -0.15) is 0 Å². The fourth-order valence-corrected chi connectivity index (χ4v) is 4.80. The maximum Gasteiger partial charge on any atom is 0.305 e. The number of amides is 1. The predicted octanol–water partition coefficient (Wildman–Crippen LogP) is 2.58. The summed E-state index contributed by atoms with van der Waals surface area (Å²) < 4.78 is 4.69. The smallest absolute Gasteiger partial charge is 0.305 e. The number of carbonyl (C=O) groups is 2. The molecule has 0 N–H and O–H groups in total. The van der Waals surface area contributed by atoms with E-state index in [-0.39, 0.29) is 22.8 Å². The molecule has 1 aromatic heterocycles. The lowest BCUT2D eigenvalue weighted by molar-refractivity contribution is -0.141. The molecular formula is C21H31N3O3. The number of ether oxygens (including phenoxy) is 1. The average molecular weight is 373 g/mol. The fraction of sp³-hybridized carbons (Fsp3) is 0.667. The van der Waals surface area contributed by atoms with Crippen LogP contribution < -0.4 is 0 Å². The molecule has 0 unspecified atom stereocenters. The summed E-state index contributed by atoms with van der Waals surface area (Å²) in [5, 5.41) is 0. The Morgan fingerprint density at radius 2 is 2.00 bits per heavy atom. The van der Waals surface area contributed by atoms with Crippen LogP contribution in [0.15, 0.2) is 24.4 Å². The number of nitrogens with zero attached hydrogens (tertiary/aromatic N) is 3. The van der Waals surface area contributed by atoms with Crippen molar-refractivity contribution >= 4 is 11.9 Å². The van der Waals surface area contributed by atoms with Gasteiger partial charge >= 0.3 is 5.97 Å². The largest absolute Gasteiger partial charge is 0.469 e. The molecule has 3 rings (SSSR count). The first-order valence-corrected chi connectivity index (χ1v) is 9.84. The van der Waals surface area contributed by atoms with Gasteiger partial charge in [-0.3, -0.25) is 19.5 Å². The van der Waals surface area contributed by atoms with E-state index in [4.69, 9.17) is 0 Å². The SMILES string of the molecule is COC(=O)CCCN1C[C@]2(CC[C@](c3ccccn3)(N(C)C)CC2)CC1=O. The van der Waals surface area contributed by atoms with Crippen LogP contribution in [0.25, 0.3) is 0 Å². The molecule has 148 valence electrons. The Balaban J connectivity index is 1.64. The standard InChI is InChI=1S/C21H31N3O3/c1-23(2)21(17-7-4-5-13-22-17)11-9-20(10-12-21)15-18(25)24(16-20)14-6-8-19(26)27-3/h4-5,7,13H,6,8-12,14-16H2,1-3H3/t20-,21-. The molecule has 1 amide bonds. The minimum absolute atomic E-state index is 0.0478. The lowest BCUT2D eigenvalue weighted by Gasteiger charge is -2.48. The Morgan fingerprint density at radius 1 is 1.26 bits per heavy atom. The van der Waals surface area contributed by atoms with Gasteiger partial charge in [-0.15, -0.1) is 0 Å². The number of methoxy groups -OCH3 is 1. The van der Waals surface area contributed by atoms with E-state index < -0.39 is 0 Å². The third kappa shape index (κ3) is 4.00. The number of pyridine rings is 1. The molecule has 1 saturated heterocycles. The summed E-state index contributed by atoms with van der Waals surface area (Å²) in [5.41, 5.74) is 1.16. The van der Waals surface area contributed by atoms with Crippen molar-refractivity contribution in [2.75, 3.05) is 34.3 Å². The molecule has 1 aromatic rings. The summed E-state index contributed by atoms with van der Waals surface area (Å²) >= 11 is 0. The van der Waals surface area contributed by atoms with Gasteiger partial charge < -0.3 is 9.64 Å². The van der Waals surface area contributed by atoms with Crippen LogP contribution in [0.2, 0.25) is 0 Å². The van der Waals surface area contributed by atoms with Crippen LogP contribution in [0, 0.1) is 5.41 Å². The average Bonchev–Trinajstić information content (AvgIpc) is 2.98. The molecule has 1 aliphatic heterocycles. The number of hydrogen-bond acceptors (Lipinski definition) is 5. The first-order chi connectivity index (χ1) is 12.9. The number of esters is 1. The Kier molecular flexibility index (Phi) is 5.84. The van der Waals surface area contributed by atoms with Crippen molar-refractivity contribution in [2.24, 2.45) is 5.41 Å². The molecule has 0 aromatic carbocycles. The van der Waals surface area contributed by atoms with E-state index in [0.29, 0.717) is 25.8 Å². The van der Waals surface area contributed by atoms with Gasteiger partial charge in [0.2, 0.25) is 5.91 Å². The van der Waals surface area contributed by atoms with Crippen molar-refractivity contribution in [1.29, 1.82) is 0 Å². The molecule has 1 aliphatic carbocycles. The van der Waals surface area contributed by atoms with Crippen molar-refractivity contribution in [1.82, 2.24) is 14.8 Å². The van der Waals surface area contributed by atoms with Crippen LogP contribution in [-0.4, -0.2) is 61.0 Å². The van der Waals surface area contributed by atoms with Crippen molar-refractivity contribution < 1.29 is 14.3 Å². The first kappa shape index (κ1) is 19.8. The van der Waals surface area contributed by atoms with Gasteiger partial charge in [-0.1, -0.05) is 6.07 Å². The van der Waals surface area contributed by atoms with Crippen molar-refractivity contribution in [3.63, 3.8) is 0 Å². The quantitative estimate of drug-likeness (QED) is 0.717. The Bertz CT molecular complexity index is 667. The van der Waals surface area contributed by atoms with E-state index >= 15 is 0 Å². The van der Waals surface area contributed by atoms with Crippen LogP contribution in [0.5, 0.6) is 0 Å². The molecule has 2 heterocycles. The second-order valence-corrected chi connectivity index (χ2v) is 8.31. The fourth-order valence-electron chi connectivity index (χ4n) is 4.80. The molecule has 27 heavy (non-hydrogen) atoms. The van der Waals surface area contributed by atoms with Crippen LogP contribution in [0.4, 0.5) is 0 Å². The van der Waals surface area contributed by atoms with E-state index in [1.165, 1.54) is 7.11 Å². The van der Waals surface area contributed by atoms with E-state index in [9.17, 15) is 9.59 Å².